The summed E-state index contributed by atoms with van der Waals surface area (Å²) >= 11 is 0. The molecule has 1 saturated heterocycles. The first-order valence-electron chi connectivity index (χ1n) is 15.8. The van der Waals surface area contributed by atoms with Crippen molar-refractivity contribution in [3.63, 3.8) is 0 Å². The maximum Gasteiger partial charge on any atom is 0.309 e. The Bertz CT molecular complexity index is 1440. The van der Waals surface area contributed by atoms with Crippen LogP contribution < -0.4 is 5.32 Å². The number of hydrogen-bond donors (Lipinski definition) is 1. The molecule has 2 aromatic heterocycles. The zero-order valence-electron chi connectivity index (χ0n) is 27.7. The van der Waals surface area contributed by atoms with Gasteiger partial charge >= 0.3 is 11.9 Å². The van der Waals surface area contributed by atoms with Gasteiger partial charge in [0.15, 0.2) is 20.2 Å². The Balaban J connectivity index is 1.77. The zero-order valence-corrected chi connectivity index (χ0v) is 28.7. The summed E-state index contributed by atoms with van der Waals surface area (Å²) in [5.41, 5.74) is -1.40. The van der Waals surface area contributed by atoms with Gasteiger partial charge in [-0.1, -0.05) is 47.0 Å². The second-order valence-electron chi connectivity index (χ2n) is 14.3. The molecule has 2 aromatic rings. The molecule has 45 heavy (non-hydrogen) atoms. The lowest BCUT2D eigenvalue weighted by Gasteiger charge is -2.34. The quantitative estimate of drug-likeness (QED) is 0.273. The summed E-state index contributed by atoms with van der Waals surface area (Å²) in [5.74, 6) is -1.07. The van der Waals surface area contributed by atoms with E-state index in [-0.39, 0.29) is 36.1 Å². The fraction of sp³-hybridized carbons (Fsp3) is 0.688. The molecule has 5 atom stereocenters. The van der Waals surface area contributed by atoms with Crippen molar-refractivity contribution in [2.75, 3.05) is 11.9 Å². The first-order chi connectivity index (χ1) is 21.1. The van der Waals surface area contributed by atoms with Crippen LogP contribution in [0.1, 0.15) is 78.8 Å². The van der Waals surface area contributed by atoms with Crippen molar-refractivity contribution in [3.05, 3.63) is 24.2 Å². The van der Waals surface area contributed by atoms with Gasteiger partial charge in [0, 0.05) is 13.3 Å². The minimum Gasteiger partial charge on any atom is -0.463 e. The van der Waals surface area contributed by atoms with Crippen LogP contribution in [0.15, 0.2) is 18.5 Å². The molecule has 0 bridgehead atoms. The number of amides is 1. The van der Waals surface area contributed by atoms with Crippen LogP contribution in [0.5, 0.6) is 0 Å². The summed E-state index contributed by atoms with van der Waals surface area (Å²) in [5, 5.41) is 18.0. The monoisotopic (exact) mass is 641 g/mol. The van der Waals surface area contributed by atoms with Crippen molar-refractivity contribution in [1.82, 2.24) is 14.6 Å². The Morgan fingerprint density at radius 2 is 1.89 bits per heavy atom. The van der Waals surface area contributed by atoms with Crippen LogP contribution in [-0.4, -0.2) is 65.7 Å². The highest BCUT2D eigenvalue weighted by Gasteiger charge is 2.62. The number of aromatic nitrogens is 3. The van der Waals surface area contributed by atoms with E-state index in [0.29, 0.717) is 11.2 Å². The molecule has 1 amide bonds. The summed E-state index contributed by atoms with van der Waals surface area (Å²) in [6, 6.07) is 5.67. The van der Waals surface area contributed by atoms with E-state index in [4.69, 9.17) is 18.6 Å². The number of carbonyl (C=O) groups excluding carboxylic acids is 3. The number of nitriles is 1. The van der Waals surface area contributed by atoms with Crippen LogP contribution in [-0.2, 0) is 38.6 Å². The molecule has 0 spiro atoms. The molecular formula is C32H47N5O7Si. The van der Waals surface area contributed by atoms with E-state index in [1.54, 1.807) is 19.1 Å². The summed E-state index contributed by atoms with van der Waals surface area (Å²) in [7, 11) is -2.42. The van der Waals surface area contributed by atoms with Crippen LogP contribution >= 0.6 is 0 Å². The second-order valence-corrected chi connectivity index (χ2v) is 18.8. The number of nitrogens with zero attached hydrogens (tertiary/aromatic N) is 4. The minimum atomic E-state index is -2.42. The zero-order chi connectivity index (χ0) is 33.2. The number of hydrogen-bond acceptors (Lipinski definition) is 10. The van der Waals surface area contributed by atoms with Gasteiger partial charge in [0.05, 0.1) is 11.6 Å². The third-order valence-corrected chi connectivity index (χ3v) is 9.63. The molecule has 0 aromatic carbocycles. The highest BCUT2D eigenvalue weighted by atomic mass is 28.4. The number of carbonyl (C=O) groups is 3. The number of nitrogens with one attached hydrogen (secondary N) is 1. The van der Waals surface area contributed by atoms with Crippen molar-refractivity contribution in [1.29, 1.82) is 5.26 Å². The van der Waals surface area contributed by atoms with Crippen LogP contribution in [0.2, 0.25) is 19.6 Å². The van der Waals surface area contributed by atoms with Gasteiger partial charge in [-0.05, 0) is 55.9 Å². The maximum atomic E-state index is 13.5. The number of rotatable bonds is 10. The minimum absolute atomic E-state index is 0.230. The lowest BCUT2D eigenvalue weighted by Crippen LogP contribution is -2.50. The number of anilines is 1. The molecule has 12 nitrogen and oxygen atoms in total. The average Bonchev–Trinajstić information content (AvgIpc) is 3.51. The first kappa shape index (κ1) is 34.5. The summed E-state index contributed by atoms with van der Waals surface area (Å²) in [6.45, 7) is 14.7. The van der Waals surface area contributed by atoms with E-state index in [1.807, 2.05) is 40.4 Å². The molecule has 0 radical (unpaired) electrons. The number of ether oxygens (including phenoxy) is 3. The van der Waals surface area contributed by atoms with Gasteiger partial charge in [-0.15, -0.1) is 0 Å². The predicted octanol–water partition coefficient (Wildman–Crippen LogP) is 5.13. The van der Waals surface area contributed by atoms with E-state index < -0.39 is 50.1 Å². The first-order valence-corrected chi connectivity index (χ1v) is 19.2. The van der Waals surface area contributed by atoms with Gasteiger partial charge in [-0.2, -0.15) is 10.4 Å². The molecule has 0 unspecified atom stereocenters. The van der Waals surface area contributed by atoms with E-state index in [0.717, 1.165) is 32.1 Å². The molecule has 2 aliphatic rings. The van der Waals surface area contributed by atoms with Gasteiger partial charge in [0.1, 0.15) is 36.7 Å². The second kappa shape index (κ2) is 13.6. The van der Waals surface area contributed by atoms with Crippen LogP contribution in [0.3, 0.4) is 0 Å². The Morgan fingerprint density at radius 1 is 1.20 bits per heavy atom. The molecule has 4 rings (SSSR count). The molecular weight excluding hydrogens is 594 g/mol. The standard InChI is InChI=1S/C32H47N5O7Si/c1-20(31(3,4)5)30(40)41-17-24-27(42-26(39)16-22-12-10-9-11-13-22)28(44-45(6,7)8)32(18-33,43-24)25-15-14-23-29(36-21(2)38)34-19-35-37(23)25/h14-15,19-20,22,24,27-28H,9-13,16-17H2,1-8H3,(H,34,35,36,38)/t20-,24-,27-,28-,32+/m1/s1. The summed E-state index contributed by atoms with van der Waals surface area (Å²) in [6.07, 6.45) is 3.66. The van der Waals surface area contributed by atoms with E-state index in [2.05, 4.69) is 21.5 Å². The molecule has 246 valence electrons. The Hall–Kier alpha value is -3.34. The molecule has 3 heterocycles. The SMILES string of the molecule is CC(=O)Nc1ncnn2c([C@]3(C#N)O[C@H](COC(=O)[C@@H](C)C(C)(C)C)[C@@H](OC(=O)CC4CCCCC4)[C@H]3O[Si](C)(C)C)ccc12. The topological polar surface area (TPSA) is 154 Å². The molecule has 13 heteroatoms. The van der Waals surface area contributed by atoms with Crippen molar-refractivity contribution >= 4 is 37.5 Å². The van der Waals surface area contributed by atoms with Gasteiger partial charge in [-0.3, -0.25) is 14.4 Å². The summed E-state index contributed by atoms with van der Waals surface area (Å²) < 4.78 is 26.6. The van der Waals surface area contributed by atoms with E-state index >= 15 is 0 Å². The van der Waals surface area contributed by atoms with Gasteiger partial charge in [-0.25, -0.2) is 9.50 Å². The van der Waals surface area contributed by atoms with Crippen molar-refractivity contribution in [2.45, 2.75) is 117 Å². The molecule has 1 N–H and O–H groups in total. The van der Waals surface area contributed by atoms with Gasteiger partial charge in [0.25, 0.3) is 0 Å². The molecule has 2 fully saturated rings. The lowest BCUT2D eigenvalue weighted by atomic mass is 9.82. The Kier molecular flexibility index (Phi) is 10.4. The highest BCUT2D eigenvalue weighted by molar-refractivity contribution is 6.69. The van der Waals surface area contributed by atoms with Crippen LogP contribution in [0.25, 0.3) is 5.52 Å². The fourth-order valence-corrected chi connectivity index (χ4v) is 6.96. The summed E-state index contributed by atoms with van der Waals surface area (Å²) in [4.78, 5) is 42.6. The Morgan fingerprint density at radius 3 is 2.49 bits per heavy atom. The van der Waals surface area contributed by atoms with Gasteiger partial charge < -0.3 is 24.0 Å². The maximum absolute atomic E-state index is 13.5. The predicted molar refractivity (Wildman–Crippen MR) is 168 cm³/mol. The van der Waals surface area contributed by atoms with Crippen molar-refractivity contribution in [2.24, 2.45) is 17.3 Å². The molecule has 1 aliphatic heterocycles. The van der Waals surface area contributed by atoms with Crippen molar-refractivity contribution < 1.29 is 33.0 Å². The average molecular weight is 642 g/mol. The van der Waals surface area contributed by atoms with Crippen molar-refractivity contribution in [3.8, 4) is 6.07 Å². The number of fused-ring (bicyclic) bond motifs is 1. The number of esters is 2. The fourth-order valence-electron chi connectivity index (χ4n) is 5.90. The van der Waals surface area contributed by atoms with Crippen LogP contribution in [0, 0.1) is 28.6 Å². The molecule has 1 saturated carbocycles. The van der Waals surface area contributed by atoms with E-state index in [1.165, 1.54) is 17.8 Å². The molecule has 1 aliphatic carbocycles. The van der Waals surface area contributed by atoms with Gasteiger partial charge in [0.2, 0.25) is 11.5 Å². The van der Waals surface area contributed by atoms with E-state index in [9.17, 15) is 19.6 Å². The lowest BCUT2D eigenvalue weighted by molar-refractivity contribution is -0.164. The Labute approximate surface area is 266 Å². The normalized spacial score (nSPS) is 25.0. The van der Waals surface area contributed by atoms with Crippen LogP contribution in [0.4, 0.5) is 5.82 Å². The third kappa shape index (κ3) is 7.91. The third-order valence-electron chi connectivity index (χ3n) is 8.67. The largest absolute Gasteiger partial charge is 0.463 e. The smallest absolute Gasteiger partial charge is 0.309 e. The highest BCUT2D eigenvalue weighted by Crippen LogP contribution is 2.45.